The molecule has 0 aliphatic rings. The van der Waals surface area contributed by atoms with Gasteiger partial charge < -0.3 is 15.1 Å². The fourth-order valence-electron chi connectivity index (χ4n) is 2.14. The first kappa shape index (κ1) is 16.5. The number of likely N-dealkylation sites (N-methyl/N-ethyl adjacent to an activating group) is 1. The van der Waals surface area contributed by atoms with Crippen molar-refractivity contribution in [1.29, 1.82) is 0 Å². The van der Waals surface area contributed by atoms with E-state index in [1.54, 1.807) is 0 Å². The van der Waals surface area contributed by atoms with Crippen molar-refractivity contribution >= 4 is 5.97 Å². The minimum atomic E-state index is -0.823. The van der Waals surface area contributed by atoms with Crippen LogP contribution in [0.1, 0.15) is 16.7 Å². The first-order valence-corrected chi connectivity index (χ1v) is 6.67. The number of hydrogen-bond donors (Lipinski definition) is 2. The molecular weight excluding hydrogens is 256 g/mol. The summed E-state index contributed by atoms with van der Waals surface area (Å²) in [5.74, 6) is -0.511. The smallest absolute Gasteiger partial charge is 0.317 e. The molecule has 1 rings (SSSR count). The quantitative estimate of drug-likeness (QED) is 0.791. The van der Waals surface area contributed by atoms with Gasteiger partial charge in [0.1, 0.15) is 5.75 Å². The van der Waals surface area contributed by atoms with Crippen LogP contribution in [-0.4, -0.2) is 59.7 Å². The number of aliphatic carboxylic acids is 1. The Kier molecular flexibility index (Phi) is 5.98. The van der Waals surface area contributed by atoms with E-state index in [0.717, 1.165) is 23.2 Å². The highest BCUT2D eigenvalue weighted by molar-refractivity contribution is 5.69. The van der Waals surface area contributed by atoms with Gasteiger partial charge in [0.2, 0.25) is 0 Å². The lowest BCUT2D eigenvalue weighted by Crippen LogP contribution is -2.35. The molecule has 5 heteroatoms. The van der Waals surface area contributed by atoms with Crippen molar-refractivity contribution in [2.45, 2.75) is 20.4 Å². The molecule has 0 spiro atoms. The van der Waals surface area contributed by atoms with E-state index in [0.29, 0.717) is 18.8 Å². The largest absolute Gasteiger partial charge is 0.507 e. The van der Waals surface area contributed by atoms with Crippen LogP contribution in [0.4, 0.5) is 0 Å². The van der Waals surface area contributed by atoms with Gasteiger partial charge in [-0.05, 0) is 44.6 Å². The zero-order chi connectivity index (χ0) is 15.3. The van der Waals surface area contributed by atoms with Crippen LogP contribution in [0.2, 0.25) is 0 Å². The number of carboxylic acid groups (broad SMARTS) is 1. The highest BCUT2D eigenvalue weighted by Crippen LogP contribution is 2.23. The normalized spacial score (nSPS) is 11.3. The monoisotopic (exact) mass is 280 g/mol. The number of carbonyl (C=O) groups is 1. The number of rotatable bonds is 7. The molecule has 0 aromatic heterocycles. The lowest BCUT2D eigenvalue weighted by atomic mass is 10.1. The second-order valence-corrected chi connectivity index (χ2v) is 5.49. The van der Waals surface area contributed by atoms with Crippen LogP contribution in [0.25, 0.3) is 0 Å². The van der Waals surface area contributed by atoms with Gasteiger partial charge in [-0.2, -0.15) is 0 Å². The van der Waals surface area contributed by atoms with E-state index >= 15 is 0 Å². The van der Waals surface area contributed by atoms with E-state index in [1.807, 2.05) is 49.9 Å². The molecule has 0 saturated heterocycles. The standard InChI is InChI=1S/C15H24N2O3/c1-11-7-13(8-12(2)15(11)20)9-17(10-14(18)19)6-5-16(3)4/h7-8,20H,5-6,9-10H2,1-4H3,(H,18,19). The second kappa shape index (κ2) is 7.26. The molecular formula is C15H24N2O3. The average molecular weight is 280 g/mol. The Morgan fingerprint density at radius 3 is 2.15 bits per heavy atom. The molecule has 0 heterocycles. The summed E-state index contributed by atoms with van der Waals surface area (Å²) in [6, 6.07) is 3.82. The molecule has 0 amide bonds. The summed E-state index contributed by atoms with van der Waals surface area (Å²) in [6.07, 6.45) is 0. The number of aromatic hydroxyl groups is 1. The van der Waals surface area contributed by atoms with Crippen LogP contribution in [0.15, 0.2) is 12.1 Å². The van der Waals surface area contributed by atoms with Gasteiger partial charge in [0.25, 0.3) is 0 Å². The molecule has 0 unspecified atom stereocenters. The fourth-order valence-corrected chi connectivity index (χ4v) is 2.14. The van der Waals surface area contributed by atoms with Crippen LogP contribution in [0, 0.1) is 13.8 Å². The molecule has 1 aromatic carbocycles. The Bertz CT molecular complexity index is 449. The predicted molar refractivity (Wildman–Crippen MR) is 79.0 cm³/mol. The van der Waals surface area contributed by atoms with Gasteiger partial charge in [0.15, 0.2) is 0 Å². The summed E-state index contributed by atoms with van der Waals surface area (Å²) < 4.78 is 0. The highest BCUT2D eigenvalue weighted by Gasteiger charge is 2.12. The van der Waals surface area contributed by atoms with E-state index < -0.39 is 5.97 Å². The van der Waals surface area contributed by atoms with E-state index in [4.69, 9.17) is 5.11 Å². The van der Waals surface area contributed by atoms with Gasteiger partial charge in [-0.15, -0.1) is 0 Å². The predicted octanol–water partition coefficient (Wildman–Crippen LogP) is 1.46. The molecule has 0 atom stereocenters. The summed E-state index contributed by atoms with van der Waals surface area (Å²) in [5, 5.41) is 18.8. The van der Waals surface area contributed by atoms with Gasteiger partial charge in [0.05, 0.1) is 6.54 Å². The maximum Gasteiger partial charge on any atom is 0.317 e. The molecule has 0 aliphatic heterocycles. The molecule has 0 aliphatic carbocycles. The third-order valence-electron chi connectivity index (χ3n) is 3.18. The first-order chi connectivity index (χ1) is 9.29. The van der Waals surface area contributed by atoms with Crippen molar-refractivity contribution in [2.75, 3.05) is 33.7 Å². The maximum absolute atomic E-state index is 10.9. The van der Waals surface area contributed by atoms with Crippen molar-refractivity contribution in [1.82, 2.24) is 9.80 Å². The molecule has 0 bridgehead atoms. The number of benzene rings is 1. The Balaban J connectivity index is 2.80. The van der Waals surface area contributed by atoms with Crippen molar-refractivity contribution in [3.63, 3.8) is 0 Å². The van der Waals surface area contributed by atoms with Crippen molar-refractivity contribution in [2.24, 2.45) is 0 Å². The van der Waals surface area contributed by atoms with E-state index in [-0.39, 0.29) is 6.54 Å². The molecule has 20 heavy (non-hydrogen) atoms. The van der Waals surface area contributed by atoms with Crippen LogP contribution < -0.4 is 0 Å². The van der Waals surface area contributed by atoms with Crippen molar-refractivity contribution in [3.8, 4) is 5.75 Å². The molecule has 0 fully saturated rings. The van der Waals surface area contributed by atoms with E-state index in [2.05, 4.69) is 0 Å². The zero-order valence-electron chi connectivity index (χ0n) is 12.7. The Labute approximate surface area is 120 Å². The SMILES string of the molecule is Cc1cc(CN(CCN(C)C)CC(=O)O)cc(C)c1O. The van der Waals surface area contributed by atoms with Crippen LogP contribution in [0.5, 0.6) is 5.75 Å². The average Bonchev–Trinajstić information content (AvgIpc) is 2.32. The van der Waals surface area contributed by atoms with Gasteiger partial charge in [-0.3, -0.25) is 9.69 Å². The fraction of sp³-hybridized carbons (Fsp3) is 0.533. The summed E-state index contributed by atoms with van der Waals surface area (Å²) in [7, 11) is 3.93. The molecule has 0 saturated carbocycles. The number of aryl methyl sites for hydroxylation is 2. The minimum Gasteiger partial charge on any atom is -0.507 e. The Morgan fingerprint density at radius 2 is 1.70 bits per heavy atom. The third-order valence-corrected chi connectivity index (χ3v) is 3.18. The van der Waals surface area contributed by atoms with E-state index in [9.17, 15) is 9.90 Å². The number of nitrogens with zero attached hydrogens (tertiary/aromatic N) is 2. The van der Waals surface area contributed by atoms with Crippen molar-refractivity contribution < 1.29 is 15.0 Å². The minimum absolute atomic E-state index is 0.0206. The number of carboxylic acids is 1. The van der Waals surface area contributed by atoms with Crippen LogP contribution in [-0.2, 0) is 11.3 Å². The highest BCUT2D eigenvalue weighted by atomic mass is 16.4. The maximum atomic E-state index is 10.9. The van der Waals surface area contributed by atoms with Gasteiger partial charge in [-0.25, -0.2) is 0 Å². The van der Waals surface area contributed by atoms with Gasteiger partial charge >= 0.3 is 5.97 Å². The third kappa shape index (κ3) is 5.19. The van der Waals surface area contributed by atoms with Crippen molar-refractivity contribution in [3.05, 3.63) is 28.8 Å². The lowest BCUT2D eigenvalue weighted by molar-refractivity contribution is -0.138. The summed E-state index contributed by atoms with van der Waals surface area (Å²) in [5.41, 5.74) is 2.67. The zero-order valence-corrected chi connectivity index (χ0v) is 12.7. The molecule has 0 radical (unpaired) electrons. The summed E-state index contributed by atoms with van der Waals surface area (Å²) >= 11 is 0. The van der Waals surface area contributed by atoms with Crippen LogP contribution in [0.3, 0.4) is 0 Å². The molecule has 2 N–H and O–H groups in total. The van der Waals surface area contributed by atoms with E-state index in [1.165, 1.54) is 0 Å². The number of hydrogen-bond acceptors (Lipinski definition) is 4. The first-order valence-electron chi connectivity index (χ1n) is 6.67. The lowest BCUT2D eigenvalue weighted by Gasteiger charge is -2.23. The molecule has 1 aromatic rings. The van der Waals surface area contributed by atoms with Crippen LogP contribution >= 0.6 is 0 Å². The topological polar surface area (TPSA) is 64.0 Å². The molecule has 5 nitrogen and oxygen atoms in total. The summed E-state index contributed by atoms with van der Waals surface area (Å²) in [4.78, 5) is 14.9. The summed E-state index contributed by atoms with van der Waals surface area (Å²) in [6.45, 7) is 5.80. The van der Waals surface area contributed by atoms with Gasteiger partial charge in [0, 0.05) is 19.6 Å². The molecule has 112 valence electrons. The Hall–Kier alpha value is -1.59. The second-order valence-electron chi connectivity index (χ2n) is 5.49. The number of phenolic OH excluding ortho intramolecular Hbond substituents is 1. The Morgan fingerprint density at radius 1 is 1.15 bits per heavy atom. The number of phenols is 1. The van der Waals surface area contributed by atoms with Gasteiger partial charge in [-0.1, -0.05) is 12.1 Å².